The Morgan fingerprint density at radius 1 is 1.25 bits per heavy atom. The molecule has 3 aromatic rings. The molecule has 2 aromatic heterocycles. The van der Waals surface area contributed by atoms with Gasteiger partial charge in [0.2, 0.25) is 10.0 Å². The number of sulfonamides is 1. The highest BCUT2D eigenvalue weighted by Crippen LogP contribution is 2.34. The maximum absolute atomic E-state index is 12.8. The Balaban J connectivity index is 1.86. The van der Waals surface area contributed by atoms with Gasteiger partial charge in [0.1, 0.15) is 5.69 Å². The van der Waals surface area contributed by atoms with Gasteiger partial charge in [-0.1, -0.05) is 0 Å². The molecule has 1 aromatic carbocycles. The van der Waals surface area contributed by atoms with Crippen molar-refractivity contribution in [3.63, 3.8) is 0 Å². The van der Waals surface area contributed by atoms with Crippen molar-refractivity contribution in [2.75, 3.05) is 6.54 Å². The highest BCUT2D eigenvalue weighted by Gasteiger charge is 2.35. The van der Waals surface area contributed by atoms with E-state index >= 15 is 0 Å². The second-order valence-electron chi connectivity index (χ2n) is 6.62. The van der Waals surface area contributed by atoms with Crippen LogP contribution in [0.1, 0.15) is 18.5 Å². The van der Waals surface area contributed by atoms with Crippen molar-refractivity contribution < 1.29 is 30.9 Å². The summed E-state index contributed by atoms with van der Waals surface area (Å²) in [6.07, 6.45) is -3.48. The third-order valence-electron chi connectivity index (χ3n) is 4.36. The minimum absolute atomic E-state index is 0.150. The lowest BCUT2D eigenvalue weighted by Gasteiger charge is -2.16. The summed E-state index contributed by atoms with van der Waals surface area (Å²) in [5.41, 5.74) is -2.83. The van der Waals surface area contributed by atoms with Gasteiger partial charge in [0.25, 0.3) is 11.2 Å². The van der Waals surface area contributed by atoms with Gasteiger partial charge in [-0.25, -0.2) is 17.8 Å². The van der Waals surface area contributed by atoms with Gasteiger partial charge < -0.3 is 4.42 Å². The Morgan fingerprint density at radius 2 is 1.97 bits per heavy atom. The number of furan rings is 1. The minimum Gasteiger partial charge on any atom is -0.463 e. The van der Waals surface area contributed by atoms with E-state index < -0.39 is 55.4 Å². The van der Waals surface area contributed by atoms with E-state index in [0.29, 0.717) is 23.6 Å². The van der Waals surface area contributed by atoms with E-state index in [4.69, 9.17) is 4.42 Å². The number of nitrogens with one attached hydrogen (secondary N) is 1. The van der Waals surface area contributed by atoms with Gasteiger partial charge in [-0.15, -0.1) is 0 Å². The fraction of sp³-hybridized carbons (Fsp3) is 0.222. The first kappa shape index (κ1) is 23.1. The molecule has 0 bridgehead atoms. The SMILES string of the molecule is CC(CNS(=O)(=O)c1ccc(C(F)(F)F)cc1[N+](=O)[O-])n1nc(-c2ccco2)ccc1=O. The summed E-state index contributed by atoms with van der Waals surface area (Å²) >= 11 is 0. The molecule has 3 rings (SSSR count). The van der Waals surface area contributed by atoms with Crippen molar-refractivity contribution >= 4 is 15.7 Å². The van der Waals surface area contributed by atoms with Crippen molar-refractivity contribution in [2.24, 2.45) is 0 Å². The van der Waals surface area contributed by atoms with Gasteiger partial charge in [-0.2, -0.15) is 18.3 Å². The summed E-state index contributed by atoms with van der Waals surface area (Å²) in [7, 11) is -4.59. The van der Waals surface area contributed by atoms with Crippen LogP contribution >= 0.6 is 0 Å². The summed E-state index contributed by atoms with van der Waals surface area (Å²) in [6, 6.07) is 6.09. The molecule has 0 aliphatic rings. The number of halogens is 3. The standard InChI is InChI=1S/C18H15F3N4O6S/c1-11(24-17(26)7-5-13(23-24)15-3-2-8-31-15)10-22-32(29,30)16-6-4-12(18(19,20)21)9-14(16)25(27)28/h2-9,11,22H,10H2,1H3. The number of hydrogen-bond acceptors (Lipinski definition) is 7. The number of nitro groups is 1. The zero-order valence-electron chi connectivity index (χ0n) is 16.2. The summed E-state index contributed by atoms with van der Waals surface area (Å²) < 4.78 is 71.9. The van der Waals surface area contributed by atoms with Crippen LogP contribution in [0, 0.1) is 10.1 Å². The van der Waals surface area contributed by atoms with Crippen LogP contribution in [-0.4, -0.2) is 29.7 Å². The van der Waals surface area contributed by atoms with Crippen LogP contribution < -0.4 is 10.3 Å². The zero-order chi connectivity index (χ0) is 23.7. The van der Waals surface area contributed by atoms with E-state index in [-0.39, 0.29) is 6.07 Å². The molecule has 10 nitrogen and oxygen atoms in total. The highest BCUT2D eigenvalue weighted by atomic mass is 32.2. The van der Waals surface area contributed by atoms with Crippen LogP contribution in [0.4, 0.5) is 18.9 Å². The van der Waals surface area contributed by atoms with E-state index in [9.17, 15) is 36.5 Å². The summed E-state index contributed by atoms with van der Waals surface area (Å²) in [5.74, 6) is 0.368. The van der Waals surface area contributed by atoms with Crippen LogP contribution in [0.15, 0.2) is 62.8 Å². The molecule has 1 atom stereocenters. The third kappa shape index (κ3) is 4.86. The van der Waals surface area contributed by atoms with E-state index in [2.05, 4.69) is 9.82 Å². The molecule has 1 N–H and O–H groups in total. The average Bonchev–Trinajstić information content (AvgIpc) is 3.26. The van der Waals surface area contributed by atoms with E-state index in [1.165, 1.54) is 25.3 Å². The number of rotatable bonds is 7. The van der Waals surface area contributed by atoms with Gasteiger partial charge in [0, 0.05) is 18.7 Å². The van der Waals surface area contributed by atoms with Crippen LogP contribution in [0.5, 0.6) is 0 Å². The van der Waals surface area contributed by atoms with Gasteiger partial charge >= 0.3 is 6.18 Å². The Morgan fingerprint density at radius 3 is 2.56 bits per heavy atom. The van der Waals surface area contributed by atoms with Crippen LogP contribution in [-0.2, 0) is 16.2 Å². The number of nitro benzene ring substituents is 1. The molecule has 0 saturated heterocycles. The number of nitrogens with zero attached hydrogens (tertiary/aromatic N) is 3. The molecular formula is C18H15F3N4O6S. The van der Waals surface area contributed by atoms with Crippen molar-refractivity contribution in [2.45, 2.75) is 24.0 Å². The molecule has 0 saturated carbocycles. The van der Waals surface area contributed by atoms with E-state index in [1.807, 2.05) is 0 Å². The lowest BCUT2D eigenvalue weighted by atomic mass is 10.2. The smallest absolute Gasteiger partial charge is 0.416 e. The Kier molecular flexibility index (Phi) is 6.18. The summed E-state index contributed by atoms with van der Waals surface area (Å²) in [4.78, 5) is 21.2. The summed E-state index contributed by atoms with van der Waals surface area (Å²) in [5, 5.41) is 15.3. The Labute approximate surface area is 178 Å². The second-order valence-corrected chi connectivity index (χ2v) is 8.35. The lowest BCUT2D eigenvalue weighted by molar-refractivity contribution is -0.388. The molecule has 0 aliphatic heterocycles. The normalized spacial score (nSPS) is 13.1. The van der Waals surface area contributed by atoms with Gasteiger partial charge in [-0.05, 0) is 37.3 Å². The maximum atomic E-state index is 12.8. The summed E-state index contributed by atoms with van der Waals surface area (Å²) in [6.45, 7) is 1.04. The molecule has 0 spiro atoms. The maximum Gasteiger partial charge on any atom is 0.416 e. The van der Waals surface area contributed by atoms with Crippen LogP contribution in [0.3, 0.4) is 0 Å². The van der Waals surface area contributed by atoms with E-state index in [0.717, 1.165) is 4.68 Å². The van der Waals surface area contributed by atoms with Crippen molar-refractivity contribution in [1.29, 1.82) is 0 Å². The molecule has 2 heterocycles. The van der Waals surface area contributed by atoms with Gasteiger partial charge in [0.15, 0.2) is 10.7 Å². The Hall–Kier alpha value is -3.52. The average molecular weight is 472 g/mol. The van der Waals surface area contributed by atoms with Gasteiger partial charge in [-0.3, -0.25) is 14.9 Å². The molecule has 0 radical (unpaired) electrons. The predicted octanol–water partition coefficient (Wildman–Crippen LogP) is 2.97. The minimum atomic E-state index is -4.89. The molecule has 1 unspecified atom stereocenters. The first-order chi connectivity index (χ1) is 14.9. The molecule has 14 heteroatoms. The number of aromatic nitrogens is 2. The fourth-order valence-corrected chi connectivity index (χ4v) is 4.03. The zero-order valence-corrected chi connectivity index (χ0v) is 17.1. The number of hydrogen-bond donors (Lipinski definition) is 1. The molecular weight excluding hydrogens is 457 g/mol. The third-order valence-corrected chi connectivity index (χ3v) is 5.83. The monoisotopic (exact) mass is 472 g/mol. The molecule has 0 aliphatic carbocycles. The number of benzene rings is 1. The molecule has 170 valence electrons. The fourth-order valence-electron chi connectivity index (χ4n) is 2.75. The van der Waals surface area contributed by atoms with Crippen molar-refractivity contribution in [3.8, 4) is 11.5 Å². The predicted molar refractivity (Wildman–Crippen MR) is 104 cm³/mol. The van der Waals surface area contributed by atoms with E-state index in [1.54, 1.807) is 12.1 Å². The first-order valence-corrected chi connectivity index (χ1v) is 10.4. The van der Waals surface area contributed by atoms with Crippen LogP contribution in [0.2, 0.25) is 0 Å². The van der Waals surface area contributed by atoms with Crippen molar-refractivity contribution in [1.82, 2.24) is 14.5 Å². The lowest BCUT2D eigenvalue weighted by Crippen LogP contribution is -2.35. The van der Waals surface area contributed by atoms with Crippen molar-refractivity contribution in [3.05, 3.63) is 74.8 Å². The van der Waals surface area contributed by atoms with Crippen LogP contribution in [0.25, 0.3) is 11.5 Å². The molecule has 0 amide bonds. The molecule has 0 fully saturated rings. The number of alkyl halides is 3. The van der Waals surface area contributed by atoms with Gasteiger partial charge in [0.05, 0.1) is 22.8 Å². The second kappa shape index (κ2) is 8.55. The Bertz CT molecular complexity index is 1300. The highest BCUT2D eigenvalue weighted by molar-refractivity contribution is 7.89. The largest absolute Gasteiger partial charge is 0.463 e. The quantitative estimate of drug-likeness (QED) is 0.412. The topological polar surface area (TPSA) is 137 Å². The first-order valence-electron chi connectivity index (χ1n) is 8.89. The molecule has 32 heavy (non-hydrogen) atoms.